The molecule has 92 valence electrons. The molecular formula is C12H11N3OS2. The summed E-state index contributed by atoms with van der Waals surface area (Å²) in [6.07, 6.45) is 0. The average Bonchev–Trinajstić information content (AvgIpc) is 2.75. The van der Waals surface area contributed by atoms with E-state index in [2.05, 4.69) is 10.3 Å². The summed E-state index contributed by atoms with van der Waals surface area (Å²) < 4.78 is 0. The Bertz CT molecular complexity index is 590. The van der Waals surface area contributed by atoms with Crippen molar-refractivity contribution < 1.29 is 4.79 Å². The Kier molecular flexibility index (Phi) is 3.69. The van der Waals surface area contributed by atoms with Gasteiger partial charge in [-0.2, -0.15) is 0 Å². The number of rotatable bonds is 3. The van der Waals surface area contributed by atoms with Crippen molar-refractivity contribution in [3.05, 3.63) is 46.5 Å². The summed E-state index contributed by atoms with van der Waals surface area (Å²) in [6, 6.07) is 6.82. The number of anilines is 1. The van der Waals surface area contributed by atoms with E-state index in [0.29, 0.717) is 15.7 Å². The average molecular weight is 277 g/mol. The minimum Gasteiger partial charge on any atom is -0.389 e. The first-order valence-electron chi connectivity index (χ1n) is 5.19. The van der Waals surface area contributed by atoms with E-state index < -0.39 is 0 Å². The second-order valence-corrected chi connectivity index (χ2v) is 4.99. The molecule has 0 aliphatic heterocycles. The first-order valence-corrected chi connectivity index (χ1v) is 6.48. The maximum Gasteiger partial charge on any atom is 0.257 e. The number of thiocarbonyl (C=S) groups is 1. The molecule has 4 nitrogen and oxygen atoms in total. The van der Waals surface area contributed by atoms with E-state index in [0.717, 1.165) is 11.3 Å². The summed E-state index contributed by atoms with van der Waals surface area (Å²) in [5.74, 6) is -0.196. The van der Waals surface area contributed by atoms with Gasteiger partial charge in [0.1, 0.15) is 4.99 Å². The molecule has 2 rings (SSSR count). The third-order valence-electron chi connectivity index (χ3n) is 2.27. The Labute approximate surface area is 114 Å². The topological polar surface area (TPSA) is 68.0 Å². The highest BCUT2D eigenvalue weighted by Crippen LogP contribution is 2.15. The molecule has 3 N–H and O–H groups in total. The largest absolute Gasteiger partial charge is 0.389 e. The van der Waals surface area contributed by atoms with Gasteiger partial charge in [-0.05, 0) is 19.1 Å². The van der Waals surface area contributed by atoms with Gasteiger partial charge in [-0.1, -0.05) is 24.4 Å². The quantitative estimate of drug-likeness (QED) is 0.845. The van der Waals surface area contributed by atoms with Crippen LogP contribution in [-0.4, -0.2) is 15.9 Å². The maximum atomic E-state index is 11.9. The minimum absolute atomic E-state index is 0.196. The number of nitrogens with two attached hydrogens (primary N) is 1. The molecule has 0 unspecified atom stereocenters. The summed E-state index contributed by atoms with van der Waals surface area (Å²) >= 11 is 6.24. The first kappa shape index (κ1) is 12.7. The lowest BCUT2D eigenvalue weighted by Gasteiger charge is -2.03. The third kappa shape index (κ3) is 2.91. The lowest BCUT2D eigenvalue weighted by Crippen LogP contribution is -2.13. The molecule has 2 aromatic rings. The summed E-state index contributed by atoms with van der Waals surface area (Å²) in [4.78, 5) is 16.4. The number of benzene rings is 1. The van der Waals surface area contributed by atoms with Crippen LogP contribution in [0.2, 0.25) is 0 Å². The van der Waals surface area contributed by atoms with Crippen molar-refractivity contribution in [3.8, 4) is 0 Å². The minimum atomic E-state index is -0.196. The highest BCUT2D eigenvalue weighted by Gasteiger charge is 2.08. The van der Waals surface area contributed by atoms with Gasteiger partial charge in [0.05, 0.1) is 5.69 Å². The van der Waals surface area contributed by atoms with E-state index in [4.69, 9.17) is 18.0 Å². The number of aryl methyl sites for hydroxylation is 1. The number of nitrogens with one attached hydrogen (secondary N) is 1. The zero-order chi connectivity index (χ0) is 13.1. The van der Waals surface area contributed by atoms with Crippen LogP contribution >= 0.6 is 23.6 Å². The maximum absolute atomic E-state index is 11.9. The number of aromatic nitrogens is 1. The van der Waals surface area contributed by atoms with Crippen LogP contribution in [0.5, 0.6) is 0 Å². The molecule has 0 radical (unpaired) electrons. The van der Waals surface area contributed by atoms with Crippen LogP contribution in [0.15, 0.2) is 29.6 Å². The second kappa shape index (κ2) is 5.24. The van der Waals surface area contributed by atoms with Crippen molar-refractivity contribution in [1.82, 2.24) is 4.98 Å². The molecule has 1 aromatic carbocycles. The number of hydrogen-bond donors (Lipinski definition) is 2. The number of carbonyl (C=O) groups is 1. The molecule has 0 saturated heterocycles. The predicted octanol–water partition coefficient (Wildman–Crippen LogP) is 2.34. The van der Waals surface area contributed by atoms with Crippen LogP contribution in [0.4, 0.5) is 5.13 Å². The molecule has 0 saturated carbocycles. The predicted molar refractivity (Wildman–Crippen MR) is 77.1 cm³/mol. The summed E-state index contributed by atoms with van der Waals surface area (Å²) in [6.45, 7) is 1.88. The molecule has 0 aliphatic rings. The standard InChI is InChI=1S/C12H11N3OS2/c1-7-6-18-12(14-7)15-11(16)9-4-2-8(3-5-9)10(13)17/h2-6H,1H3,(H2,13,17)(H,14,15,16). The Balaban J connectivity index is 2.11. The van der Waals surface area contributed by atoms with E-state index in [1.807, 2.05) is 12.3 Å². The van der Waals surface area contributed by atoms with Crippen molar-refractivity contribution >= 4 is 39.6 Å². The van der Waals surface area contributed by atoms with Gasteiger partial charge in [0.25, 0.3) is 5.91 Å². The number of amides is 1. The summed E-state index contributed by atoms with van der Waals surface area (Å²) in [5, 5.41) is 5.21. The van der Waals surface area contributed by atoms with E-state index in [1.54, 1.807) is 24.3 Å². The highest BCUT2D eigenvalue weighted by molar-refractivity contribution is 7.80. The van der Waals surface area contributed by atoms with E-state index >= 15 is 0 Å². The van der Waals surface area contributed by atoms with Gasteiger partial charge in [0, 0.05) is 16.5 Å². The van der Waals surface area contributed by atoms with Gasteiger partial charge in [0.15, 0.2) is 5.13 Å². The molecule has 6 heteroatoms. The van der Waals surface area contributed by atoms with Crippen LogP contribution in [0, 0.1) is 6.92 Å². The van der Waals surface area contributed by atoms with Gasteiger partial charge in [-0.3, -0.25) is 10.1 Å². The molecular weight excluding hydrogens is 266 g/mol. The van der Waals surface area contributed by atoms with Crippen molar-refractivity contribution in [1.29, 1.82) is 0 Å². The molecule has 0 bridgehead atoms. The zero-order valence-corrected chi connectivity index (χ0v) is 11.3. The van der Waals surface area contributed by atoms with Gasteiger partial charge in [0.2, 0.25) is 0 Å². The zero-order valence-electron chi connectivity index (χ0n) is 9.64. The van der Waals surface area contributed by atoms with E-state index in [1.165, 1.54) is 11.3 Å². The fraction of sp³-hybridized carbons (Fsp3) is 0.0833. The van der Waals surface area contributed by atoms with Crippen LogP contribution < -0.4 is 11.1 Å². The summed E-state index contributed by atoms with van der Waals surface area (Å²) in [7, 11) is 0. The first-order chi connectivity index (χ1) is 8.56. The third-order valence-corrected chi connectivity index (χ3v) is 3.38. The molecule has 1 heterocycles. The molecule has 0 aliphatic carbocycles. The van der Waals surface area contributed by atoms with Gasteiger partial charge < -0.3 is 5.73 Å². The van der Waals surface area contributed by atoms with Crippen LogP contribution in [-0.2, 0) is 0 Å². The Morgan fingerprint density at radius 3 is 2.44 bits per heavy atom. The lowest BCUT2D eigenvalue weighted by molar-refractivity contribution is 0.102. The van der Waals surface area contributed by atoms with Crippen LogP contribution in [0.25, 0.3) is 0 Å². The Hall–Kier alpha value is -1.79. The SMILES string of the molecule is Cc1csc(NC(=O)c2ccc(C(N)=S)cc2)n1. The fourth-order valence-electron chi connectivity index (χ4n) is 1.37. The number of thiazole rings is 1. The van der Waals surface area contributed by atoms with Crippen LogP contribution in [0.1, 0.15) is 21.6 Å². The monoisotopic (exact) mass is 277 g/mol. The van der Waals surface area contributed by atoms with Crippen molar-refractivity contribution in [2.45, 2.75) is 6.92 Å². The number of hydrogen-bond acceptors (Lipinski definition) is 4. The van der Waals surface area contributed by atoms with Crippen molar-refractivity contribution in [2.75, 3.05) is 5.32 Å². The van der Waals surface area contributed by atoms with E-state index in [-0.39, 0.29) is 5.91 Å². The van der Waals surface area contributed by atoms with Crippen molar-refractivity contribution in [3.63, 3.8) is 0 Å². The normalized spacial score (nSPS) is 10.1. The van der Waals surface area contributed by atoms with Crippen molar-refractivity contribution in [2.24, 2.45) is 5.73 Å². The molecule has 0 atom stereocenters. The van der Waals surface area contributed by atoms with Gasteiger partial charge in [-0.15, -0.1) is 11.3 Å². The molecule has 0 spiro atoms. The molecule has 18 heavy (non-hydrogen) atoms. The van der Waals surface area contributed by atoms with E-state index in [9.17, 15) is 4.79 Å². The van der Waals surface area contributed by atoms with Crippen LogP contribution in [0.3, 0.4) is 0 Å². The molecule has 1 amide bonds. The van der Waals surface area contributed by atoms with Gasteiger partial charge in [-0.25, -0.2) is 4.98 Å². The molecule has 1 aromatic heterocycles. The lowest BCUT2D eigenvalue weighted by atomic mass is 10.1. The number of nitrogens with zero attached hydrogens (tertiary/aromatic N) is 1. The van der Waals surface area contributed by atoms with Gasteiger partial charge >= 0.3 is 0 Å². The molecule has 0 fully saturated rings. The smallest absolute Gasteiger partial charge is 0.257 e. The summed E-state index contributed by atoms with van der Waals surface area (Å²) in [5.41, 5.74) is 7.66. The Morgan fingerprint density at radius 1 is 1.33 bits per heavy atom. The second-order valence-electron chi connectivity index (χ2n) is 3.69. The number of carbonyl (C=O) groups excluding carboxylic acids is 1. The highest BCUT2D eigenvalue weighted by atomic mass is 32.1. The fourth-order valence-corrected chi connectivity index (χ4v) is 2.19. The Morgan fingerprint density at radius 2 is 1.94 bits per heavy atom.